The number of rotatable bonds is 3. The first-order chi connectivity index (χ1) is 13.3. The van der Waals surface area contributed by atoms with E-state index in [1.165, 1.54) is 4.70 Å². The van der Waals surface area contributed by atoms with Crippen LogP contribution in [0.4, 0.5) is 0 Å². The number of amides is 1. The summed E-state index contributed by atoms with van der Waals surface area (Å²) in [4.78, 5) is 25.1. The Kier molecular flexibility index (Phi) is 4.43. The third kappa shape index (κ3) is 3.26. The predicted octanol–water partition coefficient (Wildman–Crippen LogP) is 2.60. The molecule has 0 unspecified atom stereocenters. The fourth-order valence-corrected chi connectivity index (χ4v) is 5.13. The fraction of sp³-hybridized carbons (Fsp3) is 0.400. The van der Waals surface area contributed by atoms with E-state index in [0.717, 1.165) is 36.3 Å². The molecule has 6 nitrogen and oxygen atoms in total. The number of H-pyrrole nitrogens is 1. The SMILES string of the molecule is O=C(c1csc2ccccc12)N1C[C@@H]2COC[C@H](C1)N(Cc1cnc[nH]1)C2. The third-order valence-corrected chi connectivity index (χ3v) is 6.47. The summed E-state index contributed by atoms with van der Waals surface area (Å²) >= 11 is 1.64. The number of benzene rings is 1. The Hall–Kier alpha value is -2.22. The van der Waals surface area contributed by atoms with E-state index >= 15 is 0 Å². The summed E-state index contributed by atoms with van der Waals surface area (Å²) in [5, 5.41) is 3.07. The summed E-state index contributed by atoms with van der Waals surface area (Å²) in [6.45, 7) is 4.58. The maximum absolute atomic E-state index is 13.3. The summed E-state index contributed by atoms with van der Waals surface area (Å²) in [7, 11) is 0. The van der Waals surface area contributed by atoms with E-state index in [1.807, 2.05) is 34.7 Å². The molecular weight excluding hydrogens is 360 g/mol. The number of imidazole rings is 1. The molecule has 0 spiro atoms. The Bertz CT molecular complexity index is 939. The Morgan fingerprint density at radius 1 is 1.26 bits per heavy atom. The van der Waals surface area contributed by atoms with Gasteiger partial charge in [-0.1, -0.05) is 18.2 Å². The molecule has 1 amide bonds. The average Bonchev–Trinajstić information content (AvgIpc) is 3.24. The van der Waals surface area contributed by atoms with E-state index in [1.54, 1.807) is 17.7 Å². The summed E-state index contributed by atoms with van der Waals surface area (Å²) in [5.41, 5.74) is 1.93. The van der Waals surface area contributed by atoms with Gasteiger partial charge in [0, 0.05) is 59.5 Å². The molecule has 1 N–H and O–H groups in total. The Labute approximate surface area is 161 Å². The van der Waals surface area contributed by atoms with Crippen molar-refractivity contribution in [3.05, 3.63) is 53.4 Å². The molecule has 2 bridgehead atoms. The number of aromatic nitrogens is 2. The van der Waals surface area contributed by atoms with Gasteiger partial charge < -0.3 is 14.6 Å². The van der Waals surface area contributed by atoms with Crippen LogP contribution in [0.15, 0.2) is 42.2 Å². The number of ether oxygens (including phenoxy) is 1. The van der Waals surface area contributed by atoms with E-state index in [0.29, 0.717) is 25.7 Å². The van der Waals surface area contributed by atoms with Gasteiger partial charge in [-0.2, -0.15) is 0 Å². The lowest BCUT2D eigenvalue weighted by molar-refractivity contribution is 0.0406. The number of hydrogen-bond donors (Lipinski definition) is 1. The summed E-state index contributed by atoms with van der Waals surface area (Å²) in [6.07, 6.45) is 3.59. The average molecular weight is 382 g/mol. The number of nitrogens with one attached hydrogen (secondary N) is 1. The Morgan fingerprint density at radius 2 is 2.19 bits per heavy atom. The summed E-state index contributed by atoms with van der Waals surface area (Å²) in [5.74, 6) is 0.474. The van der Waals surface area contributed by atoms with E-state index in [-0.39, 0.29) is 11.9 Å². The summed E-state index contributed by atoms with van der Waals surface area (Å²) in [6, 6.07) is 8.35. The lowest BCUT2D eigenvalue weighted by Gasteiger charge is -2.31. The van der Waals surface area contributed by atoms with Crippen molar-refractivity contribution in [3.63, 3.8) is 0 Å². The van der Waals surface area contributed by atoms with Crippen molar-refractivity contribution < 1.29 is 9.53 Å². The first kappa shape index (κ1) is 16.9. The van der Waals surface area contributed by atoms with E-state index < -0.39 is 0 Å². The lowest BCUT2D eigenvalue weighted by Crippen LogP contribution is -2.45. The van der Waals surface area contributed by atoms with Gasteiger partial charge in [0.1, 0.15) is 0 Å². The number of nitrogens with zero attached hydrogens (tertiary/aromatic N) is 3. The van der Waals surface area contributed by atoms with Crippen LogP contribution in [-0.2, 0) is 11.3 Å². The molecule has 5 rings (SSSR count). The lowest BCUT2D eigenvalue weighted by atomic mass is 10.1. The van der Waals surface area contributed by atoms with E-state index in [9.17, 15) is 4.79 Å². The first-order valence-electron chi connectivity index (χ1n) is 9.32. The highest BCUT2D eigenvalue weighted by Crippen LogP contribution is 2.29. The number of hydrogen-bond acceptors (Lipinski definition) is 5. The maximum Gasteiger partial charge on any atom is 0.255 e. The molecule has 0 saturated carbocycles. The van der Waals surface area contributed by atoms with Crippen LogP contribution in [0.1, 0.15) is 16.1 Å². The smallest absolute Gasteiger partial charge is 0.255 e. The van der Waals surface area contributed by atoms with Crippen molar-refractivity contribution in [2.75, 3.05) is 32.8 Å². The molecule has 0 radical (unpaired) electrons. The van der Waals surface area contributed by atoms with Gasteiger partial charge in [-0.15, -0.1) is 11.3 Å². The Balaban J connectivity index is 1.40. The molecule has 2 aliphatic heterocycles. The first-order valence-corrected chi connectivity index (χ1v) is 10.2. The van der Waals surface area contributed by atoms with Crippen molar-refractivity contribution in [3.8, 4) is 0 Å². The zero-order valence-electron chi connectivity index (χ0n) is 15.0. The monoisotopic (exact) mass is 382 g/mol. The van der Waals surface area contributed by atoms with Crippen LogP contribution in [0.3, 0.4) is 0 Å². The number of aromatic amines is 1. The maximum atomic E-state index is 13.3. The second-order valence-electron chi connectivity index (χ2n) is 7.42. The topological polar surface area (TPSA) is 61.5 Å². The van der Waals surface area contributed by atoms with Crippen LogP contribution < -0.4 is 0 Å². The van der Waals surface area contributed by atoms with Crippen LogP contribution >= 0.6 is 11.3 Å². The van der Waals surface area contributed by atoms with Gasteiger partial charge in [0.2, 0.25) is 0 Å². The van der Waals surface area contributed by atoms with Crippen molar-refractivity contribution >= 4 is 27.3 Å². The van der Waals surface area contributed by atoms with Crippen molar-refractivity contribution in [1.29, 1.82) is 0 Å². The standard InChI is InChI=1S/C20H22N4O2S/c25-20(18-12-27-19-4-2-1-3-17(18)19)24-7-14-6-23(8-15-5-21-13-22-15)16(9-24)11-26-10-14/h1-5,12-14,16H,6-11H2,(H,21,22)/t14-,16+/m1/s1. The summed E-state index contributed by atoms with van der Waals surface area (Å²) < 4.78 is 7.06. The van der Waals surface area contributed by atoms with Crippen molar-refractivity contribution in [2.24, 2.45) is 5.92 Å². The van der Waals surface area contributed by atoms with Crippen LogP contribution in [0.2, 0.25) is 0 Å². The zero-order chi connectivity index (χ0) is 18.2. The molecule has 7 heteroatoms. The van der Waals surface area contributed by atoms with Gasteiger partial charge >= 0.3 is 0 Å². The molecule has 2 atom stereocenters. The van der Waals surface area contributed by atoms with Crippen LogP contribution in [-0.4, -0.2) is 64.6 Å². The molecule has 1 aromatic carbocycles. The second-order valence-corrected chi connectivity index (χ2v) is 8.33. The molecule has 2 aliphatic rings. The van der Waals surface area contributed by atoms with Crippen LogP contribution in [0, 0.1) is 5.92 Å². The van der Waals surface area contributed by atoms with Gasteiger partial charge in [0.05, 0.1) is 31.1 Å². The van der Waals surface area contributed by atoms with Crippen LogP contribution in [0.5, 0.6) is 0 Å². The zero-order valence-corrected chi connectivity index (χ0v) is 15.8. The minimum atomic E-state index is 0.146. The minimum absolute atomic E-state index is 0.146. The third-order valence-electron chi connectivity index (χ3n) is 5.51. The molecular formula is C20H22N4O2S. The number of thiophene rings is 1. The molecule has 3 aromatic rings. The number of carbonyl (C=O) groups is 1. The van der Waals surface area contributed by atoms with Gasteiger partial charge in [0.25, 0.3) is 5.91 Å². The quantitative estimate of drug-likeness (QED) is 0.756. The molecule has 4 heterocycles. The molecule has 27 heavy (non-hydrogen) atoms. The molecule has 140 valence electrons. The van der Waals surface area contributed by atoms with Gasteiger partial charge in [0.15, 0.2) is 0 Å². The van der Waals surface area contributed by atoms with Crippen LogP contribution in [0.25, 0.3) is 10.1 Å². The normalized spacial score (nSPS) is 23.5. The predicted molar refractivity (Wildman–Crippen MR) is 105 cm³/mol. The van der Waals surface area contributed by atoms with Gasteiger partial charge in [-0.05, 0) is 6.07 Å². The van der Waals surface area contributed by atoms with Crippen molar-refractivity contribution in [2.45, 2.75) is 12.6 Å². The Morgan fingerprint density at radius 3 is 3.07 bits per heavy atom. The van der Waals surface area contributed by atoms with E-state index in [2.05, 4.69) is 20.9 Å². The molecule has 0 aliphatic carbocycles. The fourth-order valence-electron chi connectivity index (χ4n) is 4.19. The van der Waals surface area contributed by atoms with Gasteiger partial charge in [-0.3, -0.25) is 9.69 Å². The number of fused-ring (bicyclic) bond motifs is 4. The molecule has 2 aromatic heterocycles. The van der Waals surface area contributed by atoms with Gasteiger partial charge in [-0.25, -0.2) is 4.98 Å². The highest BCUT2D eigenvalue weighted by atomic mass is 32.1. The van der Waals surface area contributed by atoms with Crippen molar-refractivity contribution in [1.82, 2.24) is 19.8 Å². The largest absolute Gasteiger partial charge is 0.379 e. The molecule has 2 saturated heterocycles. The van der Waals surface area contributed by atoms with E-state index in [4.69, 9.17) is 4.74 Å². The minimum Gasteiger partial charge on any atom is -0.379 e. The second kappa shape index (κ2) is 7.07. The highest BCUT2D eigenvalue weighted by molar-refractivity contribution is 7.17. The molecule has 2 fully saturated rings. The number of carbonyl (C=O) groups excluding carboxylic acids is 1. The highest BCUT2D eigenvalue weighted by Gasteiger charge is 2.35.